The van der Waals surface area contributed by atoms with Gasteiger partial charge in [-0.2, -0.15) is 0 Å². The van der Waals surface area contributed by atoms with E-state index in [0.29, 0.717) is 0 Å². The highest BCUT2D eigenvalue weighted by molar-refractivity contribution is 5.85. The fourth-order valence-electron chi connectivity index (χ4n) is 3.32. The predicted molar refractivity (Wildman–Crippen MR) is 91.8 cm³/mol. The molecule has 0 spiro atoms. The number of benzene rings is 1. The second-order valence-electron chi connectivity index (χ2n) is 5.66. The standard InChI is InChI=1S/C16H24N2.2ClH/c1-2-4-14(5-3-1)15-6-8-16(9-7-15)18-12-10-17-11-13-18;;/h6-9,14,17H,1-5,10-13H2;2*1H. The van der Waals surface area contributed by atoms with E-state index < -0.39 is 0 Å². The van der Waals surface area contributed by atoms with Crippen molar-refractivity contribution in [3.05, 3.63) is 29.8 Å². The van der Waals surface area contributed by atoms with Crippen LogP contribution in [0.4, 0.5) is 5.69 Å². The number of piperazine rings is 1. The van der Waals surface area contributed by atoms with Gasteiger partial charge in [0.25, 0.3) is 0 Å². The normalized spacial score (nSPS) is 19.9. The van der Waals surface area contributed by atoms with Crippen LogP contribution in [-0.2, 0) is 0 Å². The summed E-state index contributed by atoms with van der Waals surface area (Å²) < 4.78 is 0. The number of nitrogens with one attached hydrogen (secondary N) is 1. The fourth-order valence-corrected chi connectivity index (χ4v) is 3.32. The molecule has 0 amide bonds. The van der Waals surface area contributed by atoms with Crippen LogP contribution in [0.15, 0.2) is 24.3 Å². The molecule has 2 fully saturated rings. The number of hydrogen-bond acceptors (Lipinski definition) is 2. The molecule has 1 aliphatic heterocycles. The summed E-state index contributed by atoms with van der Waals surface area (Å²) in [7, 11) is 0. The van der Waals surface area contributed by atoms with Crippen molar-refractivity contribution in [1.82, 2.24) is 5.32 Å². The number of hydrogen-bond donors (Lipinski definition) is 1. The molecule has 1 heterocycles. The summed E-state index contributed by atoms with van der Waals surface area (Å²) in [6.07, 6.45) is 7.07. The summed E-state index contributed by atoms with van der Waals surface area (Å²) in [6.45, 7) is 4.51. The molecule has 1 aromatic rings. The van der Waals surface area contributed by atoms with Crippen LogP contribution in [0.5, 0.6) is 0 Å². The summed E-state index contributed by atoms with van der Waals surface area (Å²) in [5, 5.41) is 3.41. The quantitative estimate of drug-likeness (QED) is 0.887. The molecule has 0 radical (unpaired) electrons. The zero-order valence-corrected chi connectivity index (χ0v) is 13.6. The van der Waals surface area contributed by atoms with Crippen molar-refractivity contribution in [2.75, 3.05) is 31.1 Å². The zero-order chi connectivity index (χ0) is 12.2. The zero-order valence-electron chi connectivity index (χ0n) is 12.0. The Balaban J connectivity index is 0.000001000. The lowest BCUT2D eigenvalue weighted by Gasteiger charge is -2.30. The molecule has 1 saturated carbocycles. The first kappa shape index (κ1) is 17.6. The van der Waals surface area contributed by atoms with Crippen molar-refractivity contribution in [2.45, 2.75) is 38.0 Å². The summed E-state index contributed by atoms with van der Waals surface area (Å²) >= 11 is 0. The third-order valence-corrected chi connectivity index (χ3v) is 4.45. The van der Waals surface area contributed by atoms with Crippen molar-refractivity contribution >= 4 is 30.5 Å². The van der Waals surface area contributed by atoms with Crippen LogP contribution < -0.4 is 10.2 Å². The van der Waals surface area contributed by atoms with Crippen LogP contribution in [0.2, 0.25) is 0 Å². The largest absolute Gasteiger partial charge is 0.369 e. The van der Waals surface area contributed by atoms with Gasteiger partial charge in [-0.1, -0.05) is 31.4 Å². The summed E-state index contributed by atoms with van der Waals surface area (Å²) in [5.74, 6) is 0.829. The molecule has 2 nitrogen and oxygen atoms in total. The Morgan fingerprint density at radius 1 is 0.850 bits per heavy atom. The highest BCUT2D eigenvalue weighted by atomic mass is 35.5. The molecule has 0 aromatic heterocycles. The van der Waals surface area contributed by atoms with Crippen molar-refractivity contribution in [3.8, 4) is 0 Å². The molecule has 0 bridgehead atoms. The third kappa shape index (κ3) is 4.28. The van der Waals surface area contributed by atoms with E-state index in [1.165, 1.54) is 37.8 Å². The van der Waals surface area contributed by atoms with Gasteiger partial charge in [0.15, 0.2) is 0 Å². The Hall–Kier alpha value is -0.440. The second kappa shape index (κ2) is 8.76. The maximum absolute atomic E-state index is 3.41. The Labute approximate surface area is 135 Å². The molecule has 0 atom stereocenters. The van der Waals surface area contributed by atoms with E-state index in [4.69, 9.17) is 0 Å². The van der Waals surface area contributed by atoms with Crippen LogP contribution in [0.3, 0.4) is 0 Å². The molecular formula is C16H26Cl2N2. The molecule has 1 aromatic carbocycles. The number of anilines is 1. The first-order valence-electron chi connectivity index (χ1n) is 7.49. The molecule has 4 heteroatoms. The number of rotatable bonds is 2. The highest BCUT2D eigenvalue weighted by Gasteiger charge is 2.16. The molecule has 1 N–H and O–H groups in total. The van der Waals surface area contributed by atoms with Crippen molar-refractivity contribution in [1.29, 1.82) is 0 Å². The number of halogens is 2. The minimum Gasteiger partial charge on any atom is -0.369 e. The Kier molecular flexibility index (Phi) is 7.71. The van der Waals surface area contributed by atoms with E-state index in [-0.39, 0.29) is 24.8 Å². The van der Waals surface area contributed by atoms with Crippen molar-refractivity contribution in [2.24, 2.45) is 0 Å². The molecule has 1 aliphatic carbocycles. The monoisotopic (exact) mass is 316 g/mol. The fraction of sp³-hybridized carbons (Fsp3) is 0.625. The molecule has 0 unspecified atom stereocenters. The molecular weight excluding hydrogens is 291 g/mol. The SMILES string of the molecule is Cl.Cl.c1cc(N2CCNCC2)ccc1C1CCCCC1. The summed E-state index contributed by atoms with van der Waals surface area (Å²) in [6, 6.07) is 9.39. The molecule has 3 rings (SSSR count). The molecule has 2 aliphatic rings. The number of nitrogens with zero attached hydrogens (tertiary/aromatic N) is 1. The molecule has 114 valence electrons. The van der Waals surface area contributed by atoms with Gasteiger partial charge in [-0.3, -0.25) is 0 Å². The van der Waals surface area contributed by atoms with Gasteiger partial charge in [-0.25, -0.2) is 0 Å². The lowest BCUT2D eigenvalue weighted by atomic mass is 9.84. The minimum atomic E-state index is 0. The van der Waals surface area contributed by atoms with Crippen LogP contribution >= 0.6 is 24.8 Å². The van der Waals surface area contributed by atoms with Gasteiger partial charge in [-0.15, -0.1) is 24.8 Å². The van der Waals surface area contributed by atoms with Crippen LogP contribution in [0.25, 0.3) is 0 Å². The van der Waals surface area contributed by atoms with E-state index >= 15 is 0 Å². The van der Waals surface area contributed by atoms with Gasteiger partial charge in [-0.05, 0) is 36.5 Å². The van der Waals surface area contributed by atoms with E-state index in [9.17, 15) is 0 Å². The van der Waals surface area contributed by atoms with Crippen molar-refractivity contribution in [3.63, 3.8) is 0 Å². The minimum absolute atomic E-state index is 0. The van der Waals surface area contributed by atoms with Gasteiger partial charge in [0.2, 0.25) is 0 Å². The first-order chi connectivity index (χ1) is 8.93. The smallest absolute Gasteiger partial charge is 0.0367 e. The third-order valence-electron chi connectivity index (χ3n) is 4.45. The maximum atomic E-state index is 3.41. The van der Waals surface area contributed by atoms with Gasteiger partial charge in [0.1, 0.15) is 0 Å². The maximum Gasteiger partial charge on any atom is 0.0367 e. The Morgan fingerprint density at radius 3 is 2.05 bits per heavy atom. The first-order valence-corrected chi connectivity index (χ1v) is 7.49. The predicted octanol–water partition coefficient (Wildman–Crippen LogP) is 3.99. The van der Waals surface area contributed by atoms with E-state index in [0.717, 1.165) is 32.1 Å². The van der Waals surface area contributed by atoms with Crippen LogP contribution in [0.1, 0.15) is 43.6 Å². The van der Waals surface area contributed by atoms with Gasteiger partial charge < -0.3 is 10.2 Å². The summed E-state index contributed by atoms with van der Waals surface area (Å²) in [4.78, 5) is 2.49. The van der Waals surface area contributed by atoms with Gasteiger partial charge in [0, 0.05) is 31.9 Å². The average Bonchev–Trinajstić information content (AvgIpc) is 2.49. The Bertz CT molecular complexity index is 332. The van der Waals surface area contributed by atoms with Crippen molar-refractivity contribution < 1.29 is 0 Å². The van der Waals surface area contributed by atoms with Gasteiger partial charge >= 0.3 is 0 Å². The second-order valence-corrected chi connectivity index (χ2v) is 5.66. The van der Waals surface area contributed by atoms with E-state index in [1.807, 2.05) is 0 Å². The summed E-state index contributed by atoms with van der Waals surface area (Å²) in [5.41, 5.74) is 2.96. The van der Waals surface area contributed by atoms with E-state index in [2.05, 4.69) is 34.5 Å². The highest BCUT2D eigenvalue weighted by Crippen LogP contribution is 2.33. The lowest BCUT2D eigenvalue weighted by molar-refractivity contribution is 0.443. The molecule has 20 heavy (non-hydrogen) atoms. The van der Waals surface area contributed by atoms with Crippen LogP contribution in [0, 0.1) is 0 Å². The van der Waals surface area contributed by atoms with Gasteiger partial charge in [0.05, 0.1) is 0 Å². The molecule has 1 saturated heterocycles. The Morgan fingerprint density at radius 2 is 1.45 bits per heavy atom. The van der Waals surface area contributed by atoms with Crippen LogP contribution in [-0.4, -0.2) is 26.2 Å². The van der Waals surface area contributed by atoms with E-state index in [1.54, 1.807) is 5.56 Å². The topological polar surface area (TPSA) is 15.3 Å². The average molecular weight is 317 g/mol. The lowest BCUT2D eigenvalue weighted by Crippen LogP contribution is -2.43.